The Bertz CT molecular complexity index is 106. The molecule has 0 aliphatic heterocycles. The van der Waals surface area contributed by atoms with Crippen molar-refractivity contribution in [1.82, 2.24) is 4.90 Å². The monoisotopic (exact) mass is 217 g/mol. The molecule has 0 fully saturated rings. The molecule has 0 bridgehead atoms. The van der Waals surface area contributed by atoms with Gasteiger partial charge in [0.15, 0.2) is 0 Å². The predicted molar refractivity (Wildman–Crippen MR) is 69.3 cm³/mol. The van der Waals surface area contributed by atoms with Gasteiger partial charge in [-0.05, 0) is 45.0 Å². The molecule has 14 heavy (non-hydrogen) atoms. The Hall–Kier alpha value is 0.310. The lowest BCUT2D eigenvalue weighted by atomic mass is 10.1. The molecule has 0 aromatic heterocycles. The molecule has 0 aromatic carbocycles. The highest BCUT2D eigenvalue weighted by Gasteiger charge is 1.97. The second kappa shape index (κ2) is 11.4. The minimum Gasteiger partial charge on any atom is -0.306 e. The first-order valence-corrected chi connectivity index (χ1v) is 7.38. The highest BCUT2D eigenvalue weighted by Crippen LogP contribution is 2.04. The molecule has 0 spiro atoms. The van der Waals surface area contributed by atoms with Gasteiger partial charge < -0.3 is 4.90 Å². The van der Waals surface area contributed by atoms with Crippen LogP contribution in [0.5, 0.6) is 0 Å². The first-order chi connectivity index (χ1) is 6.81. The molecule has 0 saturated carbocycles. The quantitative estimate of drug-likeness (QED) is 0.514. The van der Waals surface area contributed by atoms with Gasteiger partial charge in [-0.2, -0.15) is 11.8 Å². The van der Waals surface area contributed by atoms with Gasteiger partial charge in [0.2, 0.25) is 0 Å². The number of hydrogen-bond acceptors (Lipinski definition) is 2. The smallest absolute Gasteiger partial charge is 0.00139 e. The molecule has 86 valence electrons. The number of unbranched alkanes of at least 4 members (excludes halogenated alkanes) is 4. The zero-order chi connectivity index (χ0) is 10.6. The molecule has 2 heteroatoms. The summed E-state index contributed by atoms with van der Waals surface area (Å²) in [5.74, 6) is 1.31. The molecular formula is C12H27NS. The van der Waals surface area contributed by atoms with Gasteiger partial charge in [-0.3, -0.25) is 0 Å². The van der Waals surface area contributed by atoms with Crippen molar-refractivity contribution in [3.05, 3.63) is 0 Å². The van der Waals surface area contributed by atoms with Gasteiger partial charge >= 0.3 is 0 Å². The normalized spacial score (nSPS) is 11.1. The fourth-order valence-corrected chi connectivity index (χ4v) is 1.99. The average Bonchev–Trinajstić information content (AvgIpc) is 2.18. The van der Waals surface area contributed by atoms with E-state index < -0.39 is 0 Å². The summed E-state index contributed by atoms with van der Waals surface area (Å²) < 4.78 is 0. The van der Waals surface area contributed by atoms with E-state index in [0.29, 0.717) is 0 Å². The van der Waals surface area contributed by atoms with Gasteiger partial charge in [0.05, 0.1) is 0 Å². The topological polar surface area (TPSA) is 3.24 Å². The molecule has 0 rings (SSSR count). The molecule has 0 heterocycles. The molecule has 0 atom stereocenters. The standard InChI is InChI=1S/C12H27NS/c1-4-5-6-7-8-10-13(2)11-9-12-14-3/h4-12H2,1-3H3. The molecule has 1 nitrogen and oxygen atoms in total. The van der Waals surface area contributed by atoms with Crippen LogP contribution in [-0.4, -0.2) is 37.0 Å². The minimum absolute atomic E-state index is 1.27. The summed E-state index contributed by atoms with van der Waals surface area (Å²) in [6.45, 7) is 4.83. The molecule has 0 N–H and O–H groups in total. The van der Waals surface area contributed by atoms with Crippen LogP contribution in [0.3, 0.4) is 0 Å². The number of rotatable bonds is 10. The van der Waals surface area contributed by atoms with Gasteiger partial charge in [-0.1, -0.05) is 32.6 Å². The van der Waals surface area contributed by atoms with Crippen molar-refractivity contribution in [3.63, 3.8) is 0 Å². The predicted octanol–water partition coefficient (Wildman–Crippen LogP) is 3.64. The Morgan fingerprint density at radius 2 is 1.57 bits per heavy atom. The van der Waals surface area contributed by atoms with Crippen LogP contribution in [0.4, 0.5) is 0 Å². The van der Waals surface area contributed by atoms with Crippen LogP contribution >= 0.6 is 11.8 Å². The van der Waals surface area contributed by atoms with Crippen LogP contribution in [-0.2, 0) is 0 Å². The number of nitrogens with zero attached hydrogens (tertiary/aromatic N) is 1. The maximum atomic E-state index is 2.47. The molecule has 0 amide bonds. The highest BCUT2D eigenvalue weighted by molar-refractivity contribution is 7.98. The van der Waals surface area contributed by atoms with Gasteiger partial charge in [0.1, 0.15) is 0 Å². The van der Waals surface area contributed by atoms with Crippen molar-refractivity contribution in [2.24, 2.45) is 0 Å². The van der Waals surface area contributed by atoms with E-state index in [1.165, 1.54) is 57.4 Å². The van der Waals surface area contributed by atoms with Gasteiger partial charge in [0, 0.05) is 0 Å². The fraction of sp³-hybridized carbons (Fsp3) is 1.00. The molecule has 0 radical (unpaired) electrons. The van der Waals surface area contributed by atoms with Crippen molar-refractivity contribution in [3.8, 4) is 0 Å². The van der Waals surface area contributed by atoms with E-state index in [9.17, 15) is 0 Å². The number of thioether (sulfide) groups is 1. The van der Waals surface area contributed by atoms with Crippen LogP contribution in [0.2, 0.25) is 0 Å². The molecule has 0 saturated heterocycles. The second-order valence-corrected chi connectivity index (χ2v) is 5.05. The zero-order valence-corrected chi connectivity index (χ0v) is 11.0. The third-order valence-electron chi connectivity index (χ3n) is 2.53. The van der Waals surface area contributed by atoms with Crippen LogP contribution in [0.15, 0.2) is 0 Å². The molecular weight excluding hydrogens is 190 g/mol. The van der Waals surface area contributed by atoms with Crippen LogP contribution in [0, 0.1) is 0 Å². The van der Waals surface area contributed by atoms with E-state index in [-0.39, 0.29) is 0 Å². The van der Waals surface area contributed by atoms with E-state index in [1.807, 2.05) is 11.8 Å². The van der Waals surface area contributed by atoms with Gasteiger partial charge in [-0.25, -0.2) is 0 Å². The Morgan fingerprint density at radius 1 is 0.929 bits per heavy atom. The maximum Gasteiger partial charge on any atom is -0.00139 e. The summed E-state index contributed by atoms with van der Waals surface area (Å²) in [4.78, 5) is 2.47. The van der Waals surface area contributed by atoms with E-state index in [2.05, 4.69) is 25.1 Å². The summed E-state index contributed by atoms with van der Waals surface area (Å²) in [6, 6.07) is 0. The van der Waals surface area contributed by atoms with E-state index in [1.54, 1.807) is 0 Å². The minimum atomic E-state index is 1.27. The molecule has 0 aliphatic rings. The van der Waals surface area contributed by atoms with Crippen molar-refractivity contribution < 1.29 is 0 Å². The summed E-state index contributed by atoms with van der Waals surface area (Å²) in [6.07, 6.45) is 10.5. The molecule has 0 aliphatic carbocycles. The van der Waals surface area contributed by atoms with E-state index in [4.69, 9.17) is 0 Å². The van der Waals surface area contributed by atoms with Crippen molar-refractivity contribution >= 4 is 11.8 Å². The molecule has 0 aromatic rings. The van der Waals surface area contributed by atoms with Gasteiger partial charge in [0.25, 0.3) is 0 Å². The Balaban J connectivity index is 3.06. The maximum absolute atomic E-state index is 2.47. The van der Waals surface area contributed by atoms with Crippen LogP contribution in [0.25, 0.3) is 0 Å². The summed E-state index contributed by atoms with van der Waals surface area (Å²) in [7, 11) is 2.25. The first kappa shape index (κ1) is 14.3. The average molecular weight is 217 g/mol. The zero-order valence-electron chi connectivity index (χ0n) is 10.2. The SMILES string of the molecule is CCCCCCCN(C)CCCSC. The van der Waals surface area contributed by atoms with Gasteiger partial charge in [-0.15, -0.1) is 0 Å². The van der Waals surface area contributed by atoms with Crippen molar-refractivity contribution in [2.45, 2.75) is 45.4 Å². The lowest BCUT2D eigenvalue weighted by Crippen LogP contribution is -2.21. The van der Waals surface area contributed by atoms with E-state index in [0.717, 1.165) is 0 Å². The summed E-state index contributed by atoms with van der Waals surface area (Å²) in [5, 5.41) is 0. The van der Waals surface area contributed by atoms with Crippen LogP contribution < -0.4 is 0 Å². The lowest BCUT2D eigenvalue weighted by Gasteiger charge is -2.15. The summed E-state index contributed by atoms with van der Waals surface area (Å²) >= 11 is 1.95. The molecule has 0 unspecified atom stereocenters. The third kappa shape index (κ3) is 10.4. The lowest BCUT2D eigenvalue weighted by molar-refractivity contribution is 0.325. The van der Waals surface area contributed by atoms with E-state index >= 15 is 0 Å². The highest BCUT2D eigenvalue weighted by atomic mass is 32.2. The number of hydrogen-bond donors (Lipinski definition) is 0. The Labute approximate surface area is 94.6 Å². The largest absolute Gasteiger partial charge is 0.306 e. The van der Waals surface area contributed by atoms with Crippen molar-refractivity contribution in [2.75, 3.05) is 32.1 Å². The summed E-state index contributed by atoms with van der Waals surface area (Å²) in [5.41, 5.74) is 0. The third-order valence-corrected chi connectivity index (χ3v) is 3.23. The second-order valence-electron chi connectivity index (χ2n) is 4.06. The van der Waals surface area contributed by atoms with Crippen LogP contribution in [0.1, 0.15) is 45.4 Å². The van der Waals surface area contributed by atoms with Crippen molar-refractivity contribution in [1.29, 1.82) is 0 Å². The Morgan fingerprint density at radius 3 is 2.21 bits per heavy atom. The Kier molecular flexibility index (Phi) is 11.6. The first-order valence-electron chi connectivity index (χ1n) is 5.98. The fourth-order valence-electron chi connectivity index (χ4n) is 1.58.